The highest BCUT2D eigenvalue weighted by Gasteiger charge is 2.18. The number of halogens is 3. The minimum atomic E-state index is -0.271. The van der Waals surface area contributed by atoms with Crippen molar-refractivity contribution < 1.29 is 9.13 Å². The molecule has 5 heteroatoms. The van der Waals surface area contributed by atoms with Crippen molar-refractivity contribution >= 4 is 23.2 Å². The maximum Gasteiger partial charge on any atom is 0.138 e. The maximum absolute atomic E-state index is 13.1. The first-order valence-electron chi connectivity index (χ1n) is 6.58. The summed E-state index contributed by atoms with van der Waals surface area (Å²) in [5.74, 6) is 0.257. The molecule has 2 nitrogen and oxygen atoms in total. The zero-order chi connectivity index (χ0) is 15.4. The molecule has 1 atom stereocenters. The minimum Gasteiger partial charge on any atom is -0.495 e. The molecule has 2 aromatic carbocycles. The van der Waals surface area contributed by atoms with Gasteiger partial charge in [-0.2, -0.15) is 0 Å². The number of nitrogens with one attached hydrogen (secondary N) is 1. The summed E-state index contributed by atoms with van der Waals surface area (Å²) in [5.41, 5.74) is 1.75. The first-order chi connectivity index (χ1) is 10.1. The van der Waals surface area contributed by atoms with Gasteiger partial charge in [-0.25, -0.2) is 4.39 Å². The third-order valence-electron chi connectivity index (χ3n) is 3.19. The van der Waals surface area contributed by atoms with Gasteiger partial charge in [-0.05, 0) is 35.9 Å². The molecule has 0 bridgehead atoms. The molecule has 112 valence electrons. The molecule has 0 aliphatic rings. The third kappa shape index (κ3) is 3.67. The Balaban J connectivity index is 2.47. The van der Waals surface area contributed by atoms with Gasteiger partial charge in [0.15, 0.2) is 0 Å². The lowest BCUT2D eigenvalue weighted by atomic mass is 9.98. The van der Waals surface area contributed by atoms with Crippen LogP contribution in [0.1, 0.15) is 24.1 Å². The lowest BCUT2D eigenvalue weighted by Gasteiger charge is -2.21. The van der Waals surface area contributed by atoms with E-state index in [2.05, 4.69) is 5.32 Å². The fourth-order valence-corrected chi connectivity index (χ4v) is 2.70. The van der Waals surface area contributed by atoms with Gasteiger partial charge in [-0.3, -0.25) is 0 Å². The van der Waals surface area contributed by atoms with E-state index in [1.807, 2.05) is 6.92 Å². The summed E-state index contributed by atoms with van der Waals surface area (Å²) >= 11 is 12.5. The van der Waals surface area contributed by atoms with E-state index in [-0.39, 0.29) is 11.9 Å². The van der Waals surface area contributed by atoms with Gasteiger partial charge in [0.25, 0.3) is 0 Å². The van der Waals surface area contributed by atoms with Crippen LogP contribution in [0, 0.1) is 5.82 Å². The minimum absolute atomic E-state index is 0.161. The molecule has 1 N–H and O–H groups in total. The number of ether oxygens (including phenoxy) is 1. The second kappa shape index (κ2) is 7.12. The predicted molar refractivity (Wildman–Crippen MR) is 84.9 cm³/mol. The van der Waals surface area contributed by atoms with Crippen LogP contribution in [0.15, 0.2) is 36.4 Å². The summed E-state index contributed by atoms with van der Waals surface area (Å²) in [6.45, 7) is 2.73. The largest absolute Gasteiger partial charge is 0.495 e. The number of methoxy groups -OCH3 is 1. The van der Waals surface area contributed by atoms with Crippen LogP contribution in [0.3, 0.4) is 0 Å². The molecule has 0 heterocycles. The SMILES string of the molecule is CCNC(c1ccc(F)cc1)c1cc(Cl)c(OC)cc1Cl. The lowest BCUT2D eigenvalue weighted by molar-refractivity contribution is 0.414. The van der Waals surface area contributed by atoms with Crippen LogP contribution in [0.4, 0.5) is 4.39 Å². The van der Waals surface area contributed by atoms with E-state index in [1.165, 1.54) is 12.1 Å². The summed E-state index contributed by atoms with van der Waals surface area (Å²) < 4.78 is 18.3. The second-order valence-corrected chi connectivity index (χ2v) is 5.36. The van der Waals surface area contributed by atoms with Crippen LogP contribution in [0.2, 0.25) is 10.0 Å². The molecule has 0 amide bonds. The Kier molecular flexibility index (Phi) is 5.45. The van der Waals surface area contributed by atoms with Crippen LogP contribution >= 0.6 is 23.2 Å². The first kappa shape index (κ1) is 16.1. The molecular formula is C16H16Cl2FNO. The van der Waals surface area contributed by atoms with E-state index in [1.54, 1.807) is 31.4 Å². The van der Waals surface area contributed by atoms with Gasteiger partial charge in [0.2, 0.25) is 0 Å². The average molecular weight is 328 g/mol. The molecule has 0 saturated carbocycles. The van der Waals surface area contributed by atoms with Crippen molar-refractivity contribution in [3.8, 4) is 5.75 Å². The van der Waals surface area contributed by atoms with Crippen molar-refractivity contribution in [1.82, 2.24) is 5.32 Å². The maximum atomic E-state index is 13.1. The van der Waals surface area contributed by atoms with Crippen LogP contribution in [0.25, 0.3) is 0 Å². The van der Waals surface area contributed by atoms with E-state index in [0.717, 1.165) is 17.7 Å². The zero-order valence-electron chi connectivity index (χ0n) is 11.8. The summed E-state index contributed by atoms with van der Waals surface area (Å²) in [6.07, 6.45) is 0. The van der Waals surface area contributed by atoms with Gasteiger partial charge >= 0.3 is 0 Å². The summed E-state index contributed by atoms with van der Waals surface area (Å²) in [6, 6.07) is 9.63. The van der Waals surface area contributed by atoms with E-state index in [4.69, 9.17) is 27.9 Å². The van der Waals surface area contributed by atoms with Crippen molar-refractivity contribution in [2.75, 3.05) is 13.7 Å². The van der Waals surface area contributed by atoms with E-state index in [9.17, 15) is 4.39 Å². The van der Waals surface area contributed by atoms with Crippen molar-refractivity contribution in [2.45, 2.75) is 13.0 Å². The van der Waals surface area contributed by atoms with E-state index < -0.39 is 0 Å². The highest BCUT2D eigenvalue weighted by Crippen LogP contribution is 2.36. The molecule has 0 spiro atoms. The van der Waals surface area contributed by atoms with E-state index >= 15 is 0 Å². The van der Waals surface area contributed by atoms with Gasteiger partial charge in [-0.15, -0.1) is 0 Å². The normalized spacial score (nSPS) is 12.2. The number of hydrogen-bond acceptors (Lipinski definition) is 2. The number of benzene rings is 2. The van der Waals surface area contributed by atoms with Crippen LogP contribution in [0.5, 0.6) is 5.75 Å². The molecule has 0 aliphatic carbocycles. The van der Waals surface area contributed by atoms with Crippen molar-refractivity contribution in [1.29, 1.82) is 0 Å². The molecule has 0 saturated heterocycles. The molecule has 21 heavy (non-hydrogen) atoms. The third-order valence-corrected chi connectivity index (χ3v) is 3.82. The molecule has 1 unspecified atom stereocenters. The highest BCUT2D eigenvalue weighted by atomic mass is 35.5. The van der Waals surface area contributed by atoms with Gasteiger partial charge in [0, 0.05) is 11.1 Å². The van der Waals surface area contributed by atoms with Crippen LogP contribution in [-0.2, 0) is 0 Å². The quantitative estimate of drug-likeness (QED) is 0.848. The fourth-order valence-electron chi connectivity index (χ4n) is 2.19. The van der Waals surface area contributed by atoms with Gasteiger partial charge in [-0.1, -0.05) is 42.3 Å². The predicted octanol–water partition coefficient (Wildman–Crippen LogP) is 4.84. The molecule has 0 radical (unpaired) electrons. The van der Waals surface area contributed by atoms with E-state index in [0.29, 0.717) is 15.8 Å². The van der Waals surface area contributed by atoms with Gasteiger partial charge in [0.05, 0.1) is 18.2 Å². The van der Waals surface area contributed by atoms with Gasteiger partial charge in [0.1, 0.15) is 11.6 Å². The Morgan fingerprint density at radius 2 is 1.81 bits per heavy atom. The summed E-state index contributed by atoms with van der Waals surface area (Å²) in [5, 5.41) is 4.37. The molecule has 0 aliphatic heterocycles. The molecule has 2 rings (SSSR count). The van der Waals surface area contributed by atoms with Crippen molar-refractivity contribution in [3.05, 3.63) is 63.4 Å². The first-order valence-corrected chi connectivity index (χ1v) is 7.34. The fraction of sp³-hybridized carbons (Fsp3) is 0.250. The molecule has 0 aromatic heterocycles. The van der Waals surface area contributed by atoms with Crippen molar-refractivity contribution in [2.24, 2.45) is 0 Å². The smallest absolute Gasteiger partial charge is 0.138 e. The van der Waals surface area contributed by atoms with Crippen LogP contribution < -0.4 is 10.1 Å². The summed E-state index contributed by atoms with van der Waals surface area (Å²) in [7, 11) is 1.54. The molecule has 2 aromatic rings. The second-order valence-electron chi connectivity index (χ2n) is 4.55. The highest BCUT2D eigenvalue weighted by molar-refractivity contribution is 6.34. The standard InChI is InChI=1S/C16H16Cl2FNO/c1-3-20-16(10-4-6-11(19)7-5-10)12-8-14(18)15(21-2)9-13(12)17/h4-9,16,20H,3H2,1-2H3. The monoisotopic (exact) mass is 327 g/mol. The van der Waals surface area contributed by atoms with Crippen LogP contribution in [-0.4, -0.2) is 13.7 Å². The van der Waals surface area contributed by atoms with Gasteiger partial charge < -0.3 is 10.1 Å². The molecular weight excluding hydrogens is 312 g/mol. The zero-order valence-corrected chi connectivity index (χ0v) is 13.3. The Morgan fingerprint density at radius 3 is 2.38 bits per heavy atom. The topological polar surface area (TPSA) is 21.3 Å². The summed E-state index contributed by atoms with van der Waals surface area (Å²) in [4.78, 5) is 0. The Morgan fingerprint density at radius 1 is 1.14 bits per heavy atom. The Bertz CT molecular complexity index is 616. The Hall–Kier alpha value is -1.29. The number of rotatable bonds is 5. The molecule has 0 fully saturated rings. The van der Waals surface area contributed by atoms with Crippen molar-refractivity contribution in [3.63, 3.8) is 0 Å². The lowest BCUT2D eigenvalue weighted by Crippen LogP contribution is -2.22. The number of hydrogen-bond donors (Lipinski definition) is 1. The Labute approximate surface area is 133 Å². The average Bonchev–Trinajstić information content (AvgIpc) is 2.48.